The minimum atomic E-state index is -0.0401. The molecule has 0 spiro atoms. The molecular weight excluding hydrogens is 224 g/mol. The molecule has 0 radical (unpaired) electrons. The third kappa shape index (κ3) is 2.93. The smallest absolute Gasteiger partial charge is 0.225 e. The van der Waals surface area contributed by atoms with Gasteiger partial charge in [-0.1, -0.05) is 11.2 Å². The number of anilines is 1. The van der Waals surface area contributed by atoms with Gasteiger partial charge in [0.25, 0.3) is 0 Å². The van der Waals surface area contributed by atoms with Crippen molar-refractivity contribution in [3.63, 3.8) is 0 Å². The van der Waals surface area contributed by atoms with Gasteiger partial charge < -0.3 is 9.84 Å². The molecule has 0 aliphatic heterocycles. The summed E-state index contributed by atoms with van der Waals surface area (Å²) in [6, 6.07) is 5.71. The van der Waals surface area contributed by atoms with E-state index in [1.807, 2.05) is 17.5 Å². The Hall–Kier alpha value is -1.62. The maximum atomic E-state index is 11.5. The van der Waals surface area contributed by atoms with Gasteiger partial charge in [-0.05, 0) is 24.8 Å². The predicted octanol–water partition coefficient (Wildman–Crippen LogP) is 2.62. The molecule has 0 fully saturated rings. The van der Waals surface area contributed by atoms with E-state index in [-0.39, 0.29) is 5.91 Å². The topological polar surface area (TPSA) is 55.1 Å². The van der Waals surface area contributed by atoms with Crippen molar-refractivity contribution in [1.82, 2.24) is 5.16 Å². The number of nitrogens with zero attached hydrogens (tertiary/aromatic N) is 1. The molecule has 84 valence electrons. The molecular formula is C11H12N2O2S. The van der Waals surface area contributed by atoms with Crippen LogP contribution in [0.5, 0.6) is 0 Å². The molecule has 2 aromatic heterocycles. The van der Waals surface area contributed by atoms with Gasteiger partial charge in [0.2, 0.25) is 5.91 Å². The number of aromatic nitrogens is 1. The number of carbonyl (C=O) groups excluding carboxylic acids is 1. The van der Waals surface area contributed by atoms with Crippen LogP contribution in [0.2, 0.25) is 0 Å². The maximum Gasteiger partial charge on any atom is 0.225 e. The third-order valence-electron chi connectivity index (χ3n) is 2.07. The quantitative estimate of drug-likeness (QED) is 0.887. The molecule has 0 saturated carbocycles. The number of thiophene rings is 1. The molecule has 1 amide bonds. The second kappa shape index (κ2) is 4.94. The Kier molecular flexibility index (Phi) is 3.36. The summed E-state index contributed by atoms with van der Waals surface area (Å²) in [5, 5.41) is 8.39. The number of amides is 1. The fourth-order valence-electron chi connectivity index (χ4n) is 1.32. The van der Waals surface area contributed by atoms with Crippen molar-refractivity contribution in [1.29, 1.82) is 0 Å². The second-order valence-corrected chi connectivity index (χ2v) is 4.48. The number of nitrogens with one attached hydrogen (secondary N) is 1. The lowest BCUT2D eigenvalue weighted by molar-refractivity contribution is -0.116. The van der Waals surface area contributed by atoms with Crippen LogP contribution in [0.3, 0.4) is 0 Å². The number of aryl methyl sites for hydroxylation is 2. The van der Waals surface area contributed by atoms with Crippen molar-refractivity contribution in [2.75, 3.05) is 5.32 Å². The first-order valence-electron chi connectivity index (χ1n) is 4.99. The van der Waals surface area contributed by atoms with E-state index in [1.165, 1.54) is 4.88 Å². The SMILES string of the molecule is Cc1cc(NC(=O)CCc2cccs2)no1. The molecule has 2 heterocycles. The Morgan fingerprint density at radius 1 is 1.62 bits per heavy atom. The third-order valence-corrected chi connectivity index (χ3v) is 3.01. The number of hydrogen-bond donors (Lipinski definition) is 1. The van der Waals surface area contributed by atoms with Crippen molar-refractivity contribution in [2.45, 2.75) is 19.8 Å². The lowest BCUT2D eigenvalue weighted by atomic mass is 10.2. The largest absolute Gasteiger partial charge is 0.360 e. The highest BCUT2D eigenvalue weighted by Gasteiger charge is 2.06. The molecule has 0 aliphatic carbocycles. The van der Waals surface area contributed by atoms with E-state index in [0.717, 1.165) is 6.42 Å². The van der Waals surface area contributed by atoms with Crippen molar-refractivity contribution >= 4 is 23.1 Å². The second-order valence-electron chi connectivity index (χ2n) is 3.45. The van der Waals surface area contributed by atoms with Crippen LogP contribution in [-0.4, -0.2) is 11.1 Å². The van der Waals surface area contributed by atoms with E-state index in [2.05, 4.69) is 10.5 Å². The molecule has 0 unspecified atom stereocenters. The summed E-state index contributed by atoms with van der Waals surface area (Å²) >= 11 is 1.66. The first kappa shape index (κ1) is 10.9. The molecule has 16 heavy (non-hydrogen) atoms. The van der Waals surface area contributed by atoms with E-state index in [9.17, 15) is 4.79 Å². The molecule has 0 bridgehead atoms. The van der Waals surface area contributed by atoms with Crippen LogP contribution in [0.4, 0.5) is 5.82 Å². The van der Waals surface area contributed by atoms with Gasteiger partial charge in [0.1, 0.15) is 5.76 Å². The molecule has 0 atom stereocenters. The fraction of sp³-hybridized carbons (Fsp3) is 0.273. The van der Waals surface area contributed by atoms with Gasteiger partial charge in [-0.2, -0.15) is 0 Å². The average Bonchev–Trinajstić information content (AvgIpc) is 2.87. The fourth-order valence-corrected chi connectivity index (χ4v) is 2.03. The Morgan fingerprint density at radius 2 is 2.50 bits per heavy atom. The summed E-state index contributed by atoms with van der Waals surface area (Å²) in [5.74, 6) is 1.13. The van der Waals surface area contributed by atoms with E-state index in [4.69, 9.17) is 4.52 Å². The lowest BCUT2D eigenvalue weighted by Gasteiger charge is -1.99. The van der Waals surface area contributed by atoms with E-state index in [1.54, 1.807) is 24.3 Å². The highest BCUT2D eigenvalue weighted by atomic mass is 32.1. The zero-order valence-electron chi connectivity index (χ0n) is 8.90. The van der Waals surface area contributed by atoms with Crippen molar-refractivity contribution in [2.24, 2.45) is 0 Å². The Morgan fingerprint density at radius 3 is 3.12 bits per heavy atom. The molecule has 0 aromatic carbocycles. The number of hydrogen-bond acceptors (Lipinski definition) is 4. The average molecular weight is 236 g/mol. The zero-order chi connectivity index (χ0) is 11.4. The van der Waals surface area contributed by atoms with E-state index >= 15 is 0 Å². The molecule has 0 saturated heterocycles. The summed E-state index contributed by atoms with van der Waals surface area (Å²) in [5.41, 5.74) is 0. The Labute approximate surface area is 97.3 Å². The molecule has 2 rings (SSSR count). The highest BCUT2D eigenvalue weighted by molar-refractivity contribution is 7.09. The van der Waals surface area contributed by atoms with Crippen LogP contribution >= 0.6 is 11.3 Å². The van der Waals surface area contributed by atoms with Crippen molar-refractivity contribution in [3.05, 3.63) is 34.2 Å². The predicted molar refractivity (Wildman–Crippen MR) is 62.5 cm³/mol. The van der Waals surface area contributed by atoms with Gasteiger partial charge in [0.15, 0.2) is 5.82 Å². The molecule has 4 nitrogen and oxygen atoms in total. The first-order valence-corrected chi connectivity index (χ1v) is 5.87. The number of rotatable bonds is 4. The monoisotopic (exact) mass is 236 g/mol. The maximum absolute atomic E-state index is 11.5. The van der Waals surface area contributed by atoms with Crippen LogP contribution in [0.1, 0.15) is 17.1 Å². The number of carbonyl (C=O) groups is 1. The lowest BCUT2D eigenvalue weighted by Crippen LogP contribution is -2.12. The van der Waals surface area contributed by atoms with E-state index in [0.29, 0.717) is 18.0 Å². The summed E-state index contributed by atoms with van der Waals surface area (Å²) in [4.78, 5) is 12.7. The van der Waals surface area contributed by atoms with E-state index < -0.39 is 0 Å². The Balaban J connectivity index is 1.81. The normalized spacial score (nSPS) is 10.3. The zero-order valence-corrected chi connectivity index (χ0v) is 9.71. The van der Waals surface area contributed by atoms with Crippen LogP contribution < -0.4 is 5.32 Å². The van der Waals surface area contributed by atoms with Gasteiger partial charge in [0.05, 0.1) is 0 Å². The van der Waals surface area contributed by atoms with Crippen molar-refractivity contribution < 1.29 is 9.32 Å². The summed E-state index contributed by atoms with van der Waals surface area (Å²) in [6.45, 7) is 1.79. The van der Waals surface area contributed by atoms with Crippen LogP contribution in [0, 0.1) is 6.92 Å². The minimum Gasteiger partial charge on any atom is -0.360 e. The van der Waals surface area contributed by atoms with Crippen LogP contribution in [-0.2, 0) is 11.2 Å². The molecule has 0 aliphatic rings. The standard InChI is InChI=1S/C11H12N2O2S/c1-8-7-10(13-15-8)12-11(14)5-4-9-3-2-6-16-9/h2-3,6-7H,4-5H2,1H3,(H,12,13,14). The minimum absolute atomic E-state index is 0.0401. The Bertz CT molecular complexity index is 462. The van der Waals surface area contributed by atoms with Crippen LogP contribution in [0.15, 0.2) is 28.1 Å². The van der Waals surface area contributed by atoms with Gasteiger partial charge in [-0.25, -0.2) is 0 Å². The van der Waals surface area contributed by atoms with Gasteiger partial charge >= 0.3 is 0 Å². The highest BCUT2D eigenvalue weighted by Crippen LogP contribution is 2.12. The van der Waals surface area contributed by atoms with Gasteiger partial charge in [-0.15, -0.1) is 11.3 Å². The first-order chi connectivity index (χ1) is 7.74. The molecule has 1 N–H and O–H groups in total. The van der Waals surface area contributed by atoms with Crippen molar-refractivity contribution in [3.8, 4) is 0 Å². The van der Waals surface area contributed by atoms with Gasteiger partial charge in [-0.3, -0.25) is 4.79 Å². The summed E-state index contributed by atoms with van der Waals surface area (Å²) in [6.07, 6.45) is 1.23. The van der Waals surface area contributed by atoms with Gasteiger partial charge in [0, 0.05) is 17.4 Å². The molecule has 5 heteroatoms. The summed E-state index contributed by atoms with van der Waals surface area (Å²) < 4.78 is 4.85. The molecule has 2 aromatic rings. The summed E-state index contributed by atoms with van der Waals surface area (Å²) in [7, 11) is 0. The van der Waals surface area contributed by atoms with Crippen LogP contribution in [0.25, 0.3) is 0 Å².